The Morgan fingerprint density at radius 1 is 1.38 bits per heavy atom. The predicted octanol–water partition coefficient (Wildman–Crippen LogP) is 2.46. The first-order chi connectivity index (χ1) is 6.15. The topological polar surface area (TPSA) is 20.3 Å². The van der Waals surface area contributed by atoms with Crippen LogP contribution in [0.5, 0.6) is 0 Å². The van der Waals surface area contributed by atoms with E-state index in [-0.39, 0.29) is 5.91 Å². The van der Waals surface area contributed by atoms with Gasteiger partial charge in [0.25, 0.3) is 5.91 Å². The molecule has 0 N–H and O–H groups in total. The van der Waals surface area contributed by atoms with E-state index in [1.165, 1.54) is 5.56 Å². The number of alkyl halides is 1. The van der Waals surface area contributed by atoms with E-state index in [2.05, 4.69) is 22.6 Å². The third kappa shape index (κ3) is 2.69. The summed E-state index contributed by atoms with van der Waals surface area (Å²) in [5.74, 6) is 0.0781. The molecule has 1 aromatic carbocycles. The van der Waals surface area contributed by atoms with E-state index in [1.54, 1.807) is 11.9 Å². The van der Waals surface area contributed by atoms with Gasteiger partial charge in [-0.25, -0.2) is 0 Å². The highest BCUT2D eigenvalue weighted by molar-refractivity contribution is 14.1. The Morgan fingerprint density at radius 2 is 1.92 bits per heavy atom. The van der Waals surface area contributed by atoms with E-state index in [9.17, 15) is 4.79 Å². The van der Waals surface area contributed by atoms with Crippen molar-refractivity contribution in [1.82, 2.24) is 4.90 Å². The van der Waals surface area contributed by atoms with Crippen molar-refractivity contribution in [3.63, 3.8) is 0 Å². The maximum Gasteiger partial charge on any atom is 0.254 e. The number of halogens is 1. The number of carbonyl (C=O) groups is 1. The molecule has 0 unspecified atom stereocenters. The summed E-state index contributed by atoms with van der Waals surface area (Å²) in [6, 6.07) is 7.63. The zero-order chi connectivity index (χ0) is 9.84. The van der Waals surface area contributed by atoms with Crippen LogP contribution in [0.15, 0.2) is 24.3 Å². The van der Waals surface area contributed by atoms with Crippen LogP contribution in [0.2, 0.25) is 0 Å². The molecule has 0 heterocycles. The van der Waals surface area contributed by atoms with E-state index in [0.29, 0.717) is 4.55 Å². The minimum absolute atomic E-state index is 0.0781. The Kier molecular flexibility index (Phi) is 3.71. The van der Waals surface area contributed by atoms with E-state index < -0.39 is 0 Å². The average molecular weight is 289 g/mol. The molecule has 13 heavy (non-hydrogen) atoms. The molecule has 0 fully saturated rings. The fraction of sp³-hybridized carbons (Fsp3) is 0.300. The molecule has 0 radical (unpaired) electrons. The molecule has 0 aliphatic heterocycles. The highest BCUT2D eigenvalue weighted by Crippen LogP contribution is 2.06. The van der Waals surface area contributed by atoms with Crippen LogP contribution in [0, 0.1) is 6.92 Å². The third-order valence-corrected chi connectivity index (χ3v) is 2.85. The van der Waals surface area contributed by atoms with Crippen molar-refractivity contribution in [2.75, 3.05) is 11.6 Å². The monoisotopic (exact) mass is 289 g/mol. The molecule has 0 aliphatic carbocycles. The number of benzene rings is 1. The Bertz CT molecular complexity index is 294. The van der Waals surface area contributed by atoms with Gasteiger partial charge in [0.2, 0.25) is 0 Å². The second-order valence-corrected chi connectivity index (χ2v) is 3.67. The highest BCUT2D eigenvalue weighted by atomic mass is 127. The smallest absolute Gasteiger partial charge is 0.254 e. The summed E-state index contributed by atoms with van der Waals surface area (Å²) < 4.78 is 0.713. The molecule has 0 saturated carbocycles. The lowest BCUT2D eigenvalue weighted by molar-refractivity contribution is 0.0824. The van der Waals surface area contributed by atoms with Gasteiger partial charge in [-0.05, 0) is 19.1 Å². The predicted molar refractivity (Wildman–Crippen MR) is 62.2 cm³/mol. The zero-order valence-electron chi connectivity index (χ0n) is 7.75. The molecular formula is C10H12INO. The van der Waals surface area contributed by atoms with Crippen LogP contribution in [0.1, 0.15) is 15.9 Å². The molecule has 0 bridgehead atoms. The summed E-state index contributed by atoms with van der Waals surface area (Å²) in [6.45, 7) is 2.01. The Morgan fingerprint density at radius 3 is 2.38 bits per heavy atom. The molecule has 70 valence electrons. The largest absolute Gasteiger partial charge is 0.333 e. The first-order valence-corrected chi connectivity index (χ1v) is 5.56. The number of hydrogen-bond acceptors (Lipinski definition) is 1. The van der Waals surface area contributed by atoms with Crippen molar-refractivity contribution in [3.05, 3.63) is 35.4 Å². The van der Waals surface area contributed by atoms with Gasteiger partial charge in [0.1, 0.15) is 0 Å². The number of hydrogen-bond donors (Lipinski definition) is 0. The standard InChI is InChI=1S/C10H12INO/c1-8-3-5-9(6-4-8)10(13)12(2)7-11/h3-6H,7H2,1-2H3. The van der Waals surface area contributed by atoms with Gasteiger partial charge < -0.3 is 4.90 Å². The van der Waals surface area contributed by atoms with Gasteiger partial charge in [-0.2, -0.15) is 0 Å². The first-order valence-electron chi connectivity index (χ1n) is 4.03. The Balaban J connectivity index is 2.83. The molecular weight excluding hydrogens is 277 g/mol. The number of nitrogens with zero attached hydrogens (tertiary/aromatic N) is 1. The van der Waals surface area contributed by atoms with Gasteiger partial charge in [-0.3, -0.25) is 4.79 Å². The van der Waals surface area contributed by atoms with Crippen molar-refractivity contribution in [2.24, 2.45) is 0 Å². The summed E-state index contributed by atoms with van der Waals surface area (Å²) in [5.41, 5.74) is 1.93. The highest BCUT2D eigenvalue weighted by Gasteiger charge is 2.08. The SMILES string of the molecule is Cc1ccc(C(=O)N(C)CI)cc1. The summed E-state index contributed by atoms with van der Waals surface area (Å²) >= 11 is 2.17. The number of carbonyl (C=O) groups excluding carboxylic acids is 1. The molecule has 1 aromatic rings. The van der Waals surface area contributed by atoms with E-state index in [0.717, 1.165) is 5.56 Å². The first kappa shape index (κ1) is 10.5. The minimum Gasteiger partial charge on any atom is -0.333 e. The van der Waals surface area contributed by atoms with Gasteiger partial charge in [-0.1, -0.05) is 40.3 Å². The fourth-order valence-corrected chi connectivity index (χ4v) is 1.28. The molecule has 1 rings (SSSR count). The summed E-state index contributed by atoms with van der Waals surface area (Å²) in [5, 5.41) is 0. The lowest BCUT2D eigenvalue weighted by Gasteiger charge is -2.13. The van der Waals surface area contributed by atoms with Crippen LogP contribution in [-0.4, -0.2) is 22.4 Å². The van der Waals surface area contributed by atoms with E-state index in [1.807, 2.05) is 31.2 Å². The van der Waals surface area contributed by atoms with E-state index >= 15 is 0 Å². The molecule has 0 aliphatic rings. The zero-order valence-corrected chi connectivity index (χ0v) is 9.91. The maximum atomic E-state index is 11.6. The van der Waals surface area contributed by atoms with Crippen LogP contribution >= 0.6 is 22.6 Å². The normalized spacial score (nSPS) is 9.77. The van der Waals surface area contributed by atoms with E-state index in [4.69, 9.17) is 0 Å². The molecule has 0 atom stereocenters. The fourth-order valence-electron chi connectivity index (χ4n) is 0.971. The van der Waals surface area contributed by atoms with Crippen molar-refractivity contribution < 1.29 is 4.79 Å². The average Bonchev–Trinajstić information content (AvgIpc) is 2.17. The number of rotatable bonds is 2. The van der Waals surface area contributed by atoms with Crippen LogP contribution in [-0.2, 0) is 0 Å². The quantitative estimate of drug-likeness (QED) is 0.465. The molecule has 0 saturated heterocycles. The second-order valence-electron chi connectivity index (χ2n) is 2.99. The number of amides is 1. The molecule has 2 nitrogen and oxygen atoms in total. The minimum atomic E-state index is 0.0781. The third-order valence-electron chi connectivity index (χ3n) is 1.82. The summed E-state index contributed by atoms with van der Waals surface area (Å²) in [4.78, 5) is 13.3. The van der Waals surface area contributed by atoms with Gasteiger partial charge in [0, 0.05) is 12.6 Å². The van der Waals surface area contributed by atoms with Crippen LogP contribution in [0.3, 0.4) is 0 Å². The van der Waals surface area contributed by atoms with Gasteiger partial charge in [0.15, 0.2) is 0 Å². The number of aryl methyl sites for hydroxylation is 1. The van der Waals surface area contributed by atoms with Crippen LogP contribution in [0.25, 0.3) is 0 Å². The van der Waals surface area contributed by atoms with Crippen LogP contribution < -0.4 is 0 Å². The second kappa shape index (κ2) is 4.60. The van der Waals surface area contributed by atoms with Gasteiger partial charge in [0.05, 0.1) is 4.55 Å². The molecule has 0 aromatic heterocycles. The summed E-state index contributed by atoms with van der Waals surface area (Å²) in [6.07, 6.45) is 0. The lowest BCUT2D eigenvalue weighted by Crippen LogP contribution is -2.24. The van der Waals surface area contributed by atoms with Gasteiger partial charge in [-0.15, -0.1) is 0 Å². The van der Waals surface area contributed by atoms with Crippen molar-refractivity contribution >= 4 is 28.5 Å². The summed E-state index contributed by atoms with van der Waals surface area (Å²) in [7, 11) is 1.80. The maximum absolute atomic E-state index is 11.6. The molecule has 1 amide bonds. The van der Waals surface area contributed by atoms with Gasteiger partial charge >= 0.3 is 0 Å². The van der Waals surface area contributed by atoms with Crippen molar-refractivity contribution in [1.29, 1.82) is 0 Å². The Labute approximate surface area is 92.1 Å². The van der Waals surface area contributed by atoms with Crippen LogP contribution in [0.4, 0.5) is 0 Å². The molecule has 0 spiro atoms. The van der Waals surface area contributed by atoms with Crippen molar-refractivity contribution in [2.45, 2.75) is 6.92 Å². The lowest BCUT2D eigenvalue weighted by atomic mass is 10.1. The van der Waals surface area contributed by atoms with Crippen molar-refractivity contribution in [3.8, 4) is 0 Å². The molecule has 3 heteroatoms. The Hall–Kier alpha value is -0.580.